The van der Waals surface area contributed by atoms with Gasteiger partial charge in [0.05, 0.1) is 5.57 Å². The van der Waals surface area contributed by atoms with Crippen LogP contribution in [0.2, 0.25) is 5.02 Å². The zero-order valence-corrected chi connectivity index (χ0v) is 12.2. The van der Waals surface area contributed by atoms with E-state index in [0.717, 1.165) is 16.7 Å². The van der Waals surface area contributed by atoms with Gasteiger partial charge in [0.2, 0.25) is 0 Å². The first-order valence-corrected chi connectivity index (χ1v) is 6.98. The molecule has 1 heterocycles. The topological polar surface area (TPSA) is 26.3 Å². The fourth-order valence-corrected chi connectivity index (χ4v) is 2.30. The first-order valence-electron chi connectivity index (χ1n) is 6.60. The molecule has 0 radical (unpaired) electrons. The second-order valence-corrected chi connectivity index (χ2v) is 5.29. The minimum atomic E-state index is -0.356. The van der Waals surface area contributed by atoms with Crippen LogP contribution in [0.3, 0.4) is 0 Å². The summed E-state index contributed by atoms with van der Waals surface area (Å²) < 4.78 is 5.32. The molecule has 2 nitrogen and oxygen atoms in total. The second kappa shape index (κ2) is 5.58. The molecule has 3 rings (SSSR count). The lowest BCUT2D eigenvalue weighted by Crippen LogP contribution is -1.97. The summed E-state index contributed by atoms with van der Waals surface area (Å²) in [5.41, 5.74) is 3.35. The van der Waals surface area contributed by atoms with Crippen molar-refractivity contribution >= 4 is 29.4 Å². The number of carbonyl (C=O) groups excluding carboxylic acids is 1. The molecule has 104 valence electrons. The maximum Gasteiger partial charge on any atom is 0.343 e. The lowest BCUT2D eigenvalue weighted by Gasteiger charge is -2.01. The van der Waals surface area contributed by atoms with Crippen LogP contribution in [0.4, 0.5) is 0 Å². The van der Waals surface area contributed by atoms with Gasteiger partial charge in [-0.15, -0.1) is 0 Å². The number of ether oxygens (including phenoxy) is 1. The second-order valence-electron chi connectivity index (χ2n) is 4.89. The van der Waals surface area contributed by atoms with Crippen molar-refractivity contribution in [3.63, 3.8) is 0 Å². The van der Waals surface area contributed by atoms with Gasteiger partial charge in [-0.05, 0) is 30.7 Å². The van der Waals surface area contributed by atoms with E-state index in [9.17, 15) is 4.79 Å². The summed E-state index contributed by atoms with van der Waals surface area (Å²) in [6.07, 6.45) is 3.49. The quantitative estimate of drug-likeness (QED) is 0.596. The van der Waals surface area contributed by atoms with Crippen LogP contribution in [0, 0.1) is 6.92 Å². The Morgan fingerprint density at radius 2 is 1.76 bits per heavy atom. The van der Waals surface area contributed by atoms with Crippen LogP contribution in [-0.4, -0.2) is 5.97 Å². The molecule has 0 fully saturated rings. The third-order valence-electron chi connectivity index (χ3n) is 3.28. The average molecular weight is 297 g/mol. The summed E-state index contributed by atoms with van der Waals surface area (Å²) >= 11 is 6.10. The molecule has 0 N–H and O–H groups in total. The highest BCUT2D eigenvalue weighted by atomic mass is 35.5. The normalized spacial score (nSPS) is 16.0. The highest BCUT2D eigenvalue weighted by molar-refractivity contribution is 6.32. The van der Waals surface area contributed by atoms with Gasteiger partial charge >= 0.3 is 5.97 Å². The third kappa shape index (κ3) is 2.91. The van der Waals surface area contributed by atoms with E-state index in [0.29, 0.717) is 16.4 Å². The van der Waals surface area contributed by atoms with E-state index in [1.54, 1.807) is 18.2 Å². The summed E-state index contributed by atoms with van der Waals surface area (Å²) in [5, 5.41) is 0.606. The van der Waals surface area contributed by atoms with Crippen molar-refractivity contribution in [2.45, 2.75) is 6.92 Å². The Bertz CT molecular complexity index is 755. The van der Waals surface area contributed by atoms with Gasteiger partial charge in [0.15, 0.2) is 0 Å². The molecule has 2 aromatic carbocycles. The molecule has 0 aliphatic carbocycles. The number of esters is 1. The fourth-order valence-electron chi connectivity index (χ4n) is 2.11. The van der Waals surface area contributed by atoms with Crippen molar-refractivity contribution in [2.75, 3.05) is 0 Å². The van der Waals surface area contributed by atoms with Crippen LogP contribution in [0.15, 0.2) is 60.2 Å². The molecule has 3 heteroatoms. The van der Waals surface area contributed by atoms with Crippen LogP contribution in [0.25, 0.3) is 11.8 Å². The standard InChI is InChI=1S/C18H13ClO2/c1-12-6-8-13(9-7-12)17-11-15(18(20)21-17)10-14-4-2-3-5-16(14)19/h2-11H,1H3/b15-10+. The van der Waals surface area contributed by atoms with Crippen molar-refractivity contribution in [1.29, 1.82) is 0 Å². The van der Waals surface area contributed by atoms with E-state index in [2.05, 4.69) is 0 Å². The van der Waals surface area contributed by atoms with E-state index in [1.807, 2.05) is 49.4 Å². The largest absolute Gasteiger partial charge is 0.422 e. The van der Waals surface area contributed by atoms with E-state index >= 15 is 0 Å². The van der Waals surface area contributed by atoms with Crippen molar-refractivity contribution in [3.05, 3.63) is 81.9 Å². The number of benzene rings is 2. The maximum atomic E-state index is 12.0. The number of rotatable bonds is 2. The smallest absolute Gasteiger partial charge is 0.343 e. The van der Waals surface area contributed by atoms with E-state index < -0.39 is 0 Å². The molecule has 0 unspecified atom stereocenters. The minimum Gasteiger partial charge on any atom is -0.422 e. The monoisotopic (exact) mass is 296 g/mol. The van der Waals surface area contributed by atoms with Gasteiger partial charge in [-0.25, -0.2) is 4.79 Å². The predicted molar refractivity (Wildman–Crippen MR) is 84.7 cm³/mol. The molecule has 0 spiro atoms. The average Bonchev–Trinajstić information content (AvgIpc) is 2.83. The zero-order chi connectivity index (χ0) is 14.8. The number of hydrogen-bond acceptors (Lipinski definition) is 2. The molecule has 1 aliphatic rings. The van der Waals surface area contributed by atoms with E-state index in [4.69, 9.17) is 16.3 Å². The Hall–Kier alpha value is -2.32. The molecule has 2 aromatic rings. The molecular formula is C18H13ClO2. The van der Waals surface area contributed by atoms with E-state index in [1.165, 1.54) is 0 Å². The Labute approximate surface area is 128 Å². The Morgan fingerprint density at radius 1 is 1.05 bits per heavy atom. The number of aryl methyl sites for hydroxylation is 1. The van der Waals surface area contributed by atoms with Gasteiger partial charge < -0.3 is 4.74 Å². The van der Waals surface area contributed by atoms with Crippen LogP contribution in [0.5, 0.6) is 0 Å². The molecule has 0 saturated carbocycles. The van der Waals surface area contributed by atoms with Gasteiger partial charge in [0.1, 0.15) is 5.76 Å². The van der Waals surface area contributed by atoms with Crippen molar-refractivity contribution in [3.8, 4) is 0 Å². The predicted octanol–water partition coefficient (Wildman–Crippen LogP) is 4.63. The molecule has 0 aromatic heterocycles. The number of cyclic esters (lactones) is 1. The Morgan fingerprint density at radius 3 is 2.48 bits per heavy atom. The summed E-state index contributed by atoms with van der Waals surface area (Å²) in [4.78, 5) is 12.0. The van der Waals surface area contributed by atoms with Crippen molar-refractivity contribution < 1.29 is 9.53 Å². The number of carbonyl (C=O) groups is 1. The third-order valence-corrected chi connectivity index (χ3v) is 3.62. The van der Waals surface area contributed by atoms with Crippen molar-refractivity contribution in [1.82, 2.24) is 0 Å². The number of hydrogen-bond donors (Lipinski definition) is 0. The molecule has 0 bridgehead atoms. The van der Waals surface area contributed by atoms with Crippen LogP contribution >= 0.6 is 11.6 Å². The van der Waals surface area contributed by atoms with Crippen LogP contribution < -0.4 is 0 Å². The Kier molecular flexibility index (Phi) is 3.63. The number of halogens is 1. The minimum absolute atomic E-state index is 0.356. The van der Waals surface area contributed by atoms with Gasteiger partial charge in [0.25, 0.3) is 0 Å². The molecule has 0 atom stereocenters. The summed E-state index contributed by atoms with van der Waals surface area (Å²) in [7, 11) is 0. The van der Waals surface area contributed by atoms with Gasteiger partial charge in [0, 0.05) is 10.6 Å². The van der Waals surface area contributed by atoms with Gasteiger partial charge in [-0.1, -0.05) is 59.6 Å². The SMILES string of the molecule is Cc1ccc(C2=C/C(=C\c3ccccc3Cl)C(=O)O2)cc1. The van der Waals surface area contributed by atoms with Crippen LogP contribution in [0.1, 0.15) is 16.7 Å². The lowest BCUT2D eigenvalue weighted by molar-refractivity contribution is -0.130. The van der Waals surface area contributed by atoms with E-state index in [-0.39, 0.29) is 5.97 Å². The molecule has 21 heavy (non-hydrogen) atoms. The molecular weight excluding hydrogens is 284 g/mol. The molecule has 0 saturated heterocycles. The van der Waals surface area contributed by atoms with Crippen molar-refractivity contribution in [2.24, 2.45) is 0 Å². The summed E-state index contributed by atoms with van der Waals surface area (Å²) in [6, 6.07) is 15.2. The first-order chi connectivity index (χ1) is 10.1. The first kappa shape index (κ1) is 13.7. The molecule has 1 aliphatic heterocycles. The lowest BCUT2D eigenvalue weighted by atomic mass is 10.1. The van der Waals surface area contributed by atoms with Gasteiger partial charge in [-0.2, -0.15) is 0 Å². The summed E-state index contributed by atoms with van der Waals surface area (Å²) in [5.74, 6) is 0.212. The maximum absolute atomic E-state index is 12.0. The highest BCUT2D eigenvalue weighted by Crippen LogP contribution is 2.28. The van der Waals surface area contributed by atoms with Gasteiger partial charge in [-0.3, -0.25) is 0 Å². The zero-order valence-electron chi connectivity index (χ0n) is 11.5. The van der Waals surface area contributed by atoms with Crippen LogP contribution in [-0.2, 0) is 9.53 Å². The molecule has 0 amide bonds. The Balaban J connectivity index is 1.96. The summed E-state index contributed by atoms with van der Waals surface area (Å²) in [6.45, 7) is 2.02. The fraction of sp³-hybridized carbons (Fsp3) is 0.0556. The highest BCUT2D eigenvalue weighted by Gasteiger charge is 2.22.